The van der Waals surface area contributed by atoms with Gasteiger partial charge in [-0.2, -0.15) is 0 Å². The SMILES string of the molecule is O=C(CSc1ccc(-c2ccc(-c3ccccc3)cc2)nn1)c1cccc([N+](=O)[O-])c1. The molecule has 4 aromatic rings. The average molecular weight is 427 g/mol. The van der Waals surface area contributed by atoms with Crippen molar-refractivity contribution in [2.45, 2.75) is 5.03 Å². The van der Waals surface area contributed by atoms with Crippen molar-refractivity contribution in [3.63, 3.8) is 0 Å². The van der Waals surface area contributed by atoms with Crippen molar-refractivity contribution >= 4 is 23.2 Å². The van der Waals surface area contributed by atoms with Crippen LogP contribution in [0, 0.1) is 10.1 Å². The van der Waals surface area contributed by atoms with Crippen molar-refractivity contribution in [1.29, 1.82) is 0 Å². The fourth-order valence-electron chi connectivity index (χ4n) is 3.03. The number of carbonyl (C=O) groups is 1. The zero-order chi connectivity index (χ0) is 21.6. The van der Waals surface area contributed by atoms with E-state index in [1.807, 2.05) is 54.6 Å². The monoisotopic (exact) mass is 427 g/mol. The second kappa shape index (κ2) is 9.32. The first kappa shape index (κ1) is 20.4. The summed E-state index contributed by atoms with van der Waals surface area (Å²) in [5.41, 5.74) is 4.19. The molecule has 0 fully saturated rings. The summed E-state index contributed by atoms with van der Waals surface area (Å²) in [6.45, 7) is 0. The Labute approximate surface area is 183 Å². The lowest BCUT2D eigenvalue weighted by atomic mass is 10.0. The van der Waals surface area contributed by atoms with Gasteiger partial charge in [0.2, 0.25) is 0 Å². The molecule has 31 heavy (non-hydrogen) atoms. The lowest BCUT2D eigenvalue weighted by molar-refractivity contribution is -0.384. The third kappa shape index (κ3) is 5.02. The van der Waals surface area contributed by atoms with Crippen LogP contribution in [-0.4, -0.2) is 26.7 Å². The van der Waals surface area contributed by atoms with Crippen molar-refractivity contribution in [3.05, 3.63) is 107 Å². The largest absolute Gasteiger partial charge is 0.293 e. The fourth-order valence-corrected chi connectivity index (χ4v) is 3.74. The van der Waals surface area contributed by atoms with Crippen molar-refractivity contribution in [1.82, 2.24) is 10.2 Å². The Kier molecular flexibility index (Phi) is 6.14. The van der Waals surface area contributed by atoms with E-state index in [1.54, 1.807) is 6.07 Å². The minimum Gasteiger partial charge on any atom is -0.293 e. The third-order valence-corrected chi connectivity index (χ3v) is 5.58. The second-order valence-electron chi connectivity index (χ2n) is 6.72. The molecule has 0 bridgehead atoms. The minimum absolute atomic E-state index is 0.0988. The molecule has 0 saturated carbocycles. The number of hydrogen-bond donors (Lipinski definition) is 0. The van der Waals surface area contributed by atoms with E-state index in [0.29, 0.717) is 10.6 Å². The molecule has 152 valence electrons. The molecule has 0 radical (unpaired) electrons. The molecule has 0 amide bonds. The van der Waals surface area contributed by atoms with Crippen LogP contribution in [0.25, 0.3) is 22.4 Å². The summed E-state index contributed by atoms with van der Waals surface area (Å²) in [5, 5.41) is 19.9. The lowest BCUT2D eigenvalue weighted by Gasteiger charge is -2.05. The predicted molar refractivity (Wildman–Crippen MR) is 121 cm³/mol. The van der Waals surface area contributed by atoms with Gasteiger partial charge in [0.05, 0.1) is 16.4 Å². The summed E-state index contributed by atoms with van der Waals surface area (Å²) in [6.07, 6.45) is 0. The number of non-ortho nitro benzene ring substituents is 1. The molecular formula is C24H17N3O3S. The number of rotatable bonds is 7. The van der Waals surface area contributed by atoms with Gasteiger partial charge in [-0.1, -0.05) is 78.5 Å². The van der Waals surface area contributed by atoms with Crippen LogP contribution >= 0.6 is 11.8 Å². The molecule has 0 saturated heterocycles. The Hall–Kier alpha value is -3.84. The number of aromatic nitrogens is 2. The molecule has 0 aliphatic rings. The van der Waals surface area contributed by atoms with E-state index in [0.717, 1.165) is 22.4 Å². The number of ketones is 1. The van der Waals surface area contributed by atoms with Crippen molar-refractivity contribution < 1.29 is 9.72 Å². The van der Waals surface area contributed by atoms with Crippen LogP contribution in [0.5, 0.6) is 0 Å². The Morgan fingerprint density at radius 1 is 0.806 bits per heavy atom. The molecule has 4 rings (SSSR count). The molecule has 7 heteroatoms. The van der Waals surface area contributed by atoms with Gasteiger partial charge in [-0.25, -0.2) is 0 Å². The standard InChI is InChI=1S/C24H17N3O3S/c28-23(20-7-4-8-21(15-20)27(29)30)16-31-24-14-13-22(25-26-24)19-11-9-18(10-12-19)17-5-2-1-3-6-17/h1-15H,16H2. The van der Waals surface area contributed by atoms with Gasteiger partial charge in [-0.15, -0.1) is 10.2 Å². The molecule has 0 spiro atoms. The van der Waals surface area contributed by atoms with E-state index in [9.17, 15) is 14.9 Å². The van der Waals surface area contributed by atoms with Gasteiger partial charge in [-0.3, -0.25) is 14.9 Å². The number of hydrogen-bond acceptors (Lipinski definition) is 6. The summed E-state index contributed by atoms with van der Waals surface area (Å²) in [7, 11) is 0. The Morgan fingerprint density at radius 3 is 2.19 bits per heavy atom. The highest BCUT2D eigenvalue weighted by Gasteiger charge is 2.12. The number of nitro groups is 1. The van der Waals surface area contributed by atoms with E-state index >= 15 is 0 Å². The Bertz CT molecular complexity index is 1210. The molecule has 0 aliphatic heterocycles. The maximum atomic E-state index is 12.3. The summed E-state index contributed by atoms with van der Waals surface area (Å²) < 4.78 is 0. The van der Waals surface area contributed by atoms with Crippen molar-refractivity contribution in [2.75, 3.05) is 5.75 Å². The quantitative estimate of drug-likeness (QED) is 0.163. The molecule has 1 heterocycles. The number of Topliss-reactive ketones (excluding diaryl/α,β-unsaturated/α-hetero) is 1. The van der Waals surface area contributed by atoms with E-state index < -0.39 is 4.92 Å². The van der Waals surface area contributed by atoms with Crippen LogP contribution in [-0.2, 0) is 0 Å². The van der Waals surface area contributed by atoms with Gasteiger partial charge in [0.1, 0.15) is 5.03 Å². The van der Waals surface area contributed by atoms with Gasteiger partial charge >= 0.3 is 0 Å². The highest BCUT2D eigenvalue weighted by atomic mass is 32.2. The number of nitrogens with zero attached hydrogens (tertiary/aromatic N) is 3. The highest BCUT2D eigenvalue weighted by Crippen LogP contribution is 2.25. The second-order valence-corrected chi connectivity index (χ2v) is 7.72. The summed E-state index contributed by atoms with van der Waals surface area (Å²) >= 11 is 1.25. The normalized spacial score (nSPS) is 10.6. The molecule has 0 atom stereocenters. The van der Waals surface area contributed by atoms with Crippen LogP contribution < -0.4 is 0 Å². The lowest BCUT2D eigenvalue weighted by Crippen LogP contribution is -2.03. The van der Waals surface area contributed by atoms with Crippen molar-refractivity contribution in [3.8, 4) is 22.4 Å². The van der Waals surface area contributed by atoms with Crippen LogP contribution in [0.2, 0.25) is 0 Å². The fraction of sp³-hybridized carbons (Fsp3) is 0.0417. The predicted octanol–water partition coefficient (Wildman–Crippen LogP) is 5.69. The van der Waals surface area contributed by atoms with Gasteiger partial charge in [-0.05, 0) is 23.3 Å². The first-order valence-electron chi connectivity index (χ1n) is 9.50. The van der Waals surface area contributed by atoms with Gasteiger partial charge in [0, 0.05) is 23.3 Å². The van der Waals surface area contributed by atoms with Crippen LogP contribution in [0.3, 0.4) is 0 Å². The third-order valence-electron chi connectivity index (χ3n) is 4.66. The Balaban J connectivity index is 1.40. The molecule has 1 aromatic heterocycles. The molecular weight excluding hydrogens is 410 g/mol. The zero-order valence-corrected chi connectivity index (χ0v) is 17.2. The van der Waals surface area contributed by atoms with Crippen molar-refractivity contribution in [2.24, 2.45) is 0 Å². The maximum Gasteiger partial charge on any atom is 0.270 e. The first-order chi connectivity index (χ1) is 15.1. The maximum absolute atomic E-state index is 12.3. The van der Waals surface area contributed by atoms with Crippen LogP contribution in [0.4, 0.5) is 5.69 Å². The van der Waals surface area contributed by atoms with E-state index in [1.165, 1.54) is 30.0 Å². The van der Waals surface area contributed by atoms with E-state index in [2.05, 4.69) is 22.3 Å². The van der Waals surface area contributed by atoms with Crippen LogP contribution in [0.15, 0.2) is 96.0 Å². The van der Waals surface area contributed by atoms with Crippen LogP contribution in [0.1, 0.15) is 10.4 Å². The summed E-state index contributed by atoms with van der Waals surface area (Å²) in [5.74, 6) is -0.0721. The highest BCUT2D eigenvalue weighted by molar-refractivity contribution is 7.99. The first-order valence-corrected chi connectivity index (χ1v) is 10.5. The van der Waals surface area contributed by atoms with E-state index in [4.69, 9.17) is 0 Å². The van der Waals surface area contributed by atoms with E-state index in [-0.39, 0.29) is 17.2 Å². The summed E-state index contributed by atoms with van der Waals surface area (Å²) in [6, 6.07) is 27.7. The minimum atomic E-state index is -0.513. The van der Waals surface area contributed by atoms with Gasteiger partial charge in [0.15, 0.2) is 5.78 Å². The van der Waals surface area contributed by atoms with Gasteiger partial charge < -0.3 is 0 Å². The average Bonchev–Trinajstić information content (AvgIpc) is 2.83. The zero-order valence-electron chi connectivity index (χ0n) is 16.3. The number of benzene rings is 3. The number of carbonyl (C=O) groups excluding carboxylic acids is 1. The number of nitro benzene ring substituents is 1. The topological polar surface area (TPSA) is 86.0 Å². The molecule has 3 aromatic carbocycles. The summed E-state index contributed by atoms with van der Waals surface area (Å²) in [4.78, 5) is 22.7. The number of thioether (sulfide) groups is 1. The smallest absolute Gasteiger partial charge is 0.270 e. The Morgan fingerprint density at radius 2 is 1.52 bits per heavy atom. The molecule has 0 unspecified atom stereocenters. The molecule has 6 nitrogen and oxygen atoms in total. The molecule has 0 aliphatic carbocycles. The van der Waals surface area contributed by atoms with Gasteiger partial charge in [0.25, 0.3) is 5.69 Å². The molecule has 0 N–H and O–H groups in total.